The predicted octanol–water partition coefficient (Wildman–Crippen LogP) is 4.16. The molecule has 1 aromatic carbocycles. The molecule has 1 amide bonds. The van der Waals surface area contributed by atoms with Crippen LogP contribution in [0, 0.1) is 5.92 Å². The number of carbonyl (C=O) groups excluding carboxylic acids is 2. The van der Waals surface area contributed by atoms with Crippen LogP contribution in [0.3, 0.4) is 0 Å². The molecule has 1 saturated carbocycles. The molecule has 2 rings (SSSR count). The molecule has 1 N–H and O–H groups in total. The van der Waals surface area contributed by atoms with Crippen LogP contribution in [0.5, 0.6) is 0 Å². The zero-order valence-corrected chi connectivity index (χ0v) is 15.5. The van der Waals surface area contributed by atoms with Crippen molar-refractivity contribution in [3.8, 4) is 0 Å². The van der Waals surface area contributed by atoms with Gasteiger partial charge in [-0.1, -0.05) is 49.0 Å². The van der Waals surface area contributed by atoms with Crippen LogP contribution < -0.4 is 5.32 Å². The lowest BCUT2D eigenvalue weighted by Gasteiger charge is -2.30. The van der Waals surface area contributed by atoms with E-state index in [1.54, 1.807) is 25.1 Å². The van der Waals surface area contributed by atoms with E-state index in [-0.39, 0.29) is 18.4 Å². The number of halogens is 2. The van der Waals surface area contributed by atoms with Gasteiger partial charge >= 0.3 is 5.97 Å². The Morgan fingerprint density at radius 2 is 1.96 bits per heavy atom. The zero-order chi connectivity index (χ0) is 17.7. The van der Waals surface area contributed by atoms with E-state index < -0.39 is 12.1 Å². The molecule has 6 heteroatoms. The Morgan fingerprint density at radius 1 is 1.25 bits per heavy atom. The lowest BCUT2D eigenvalue weighted by Crippen LogP contribution is -2.46. The lowest BCUT2D eigenvalue weighted by atomic mass is 9.86. The molecule has 4 nitrogen and oxygen atoms in total. The number of esters is 1. The highest BCUT2D eigenvalue weighted by Crippen LogP contribution is 2.24. The van der Waals surface area contributed by atoms with E-state index in [1.165, 1.54) is 6.42 Å². The Hall–Kier alpha value is -1.26. The molecule has 1 fully saturated rings. The summed E-state index contributed by atoms with van der Waals surface area (Å²) in [6, 6.07) is 5.14. The number of ether oxygens (including phenoxy) is 1. The summed E-state index contributed by atoms with van der Waals surface area (Å²) in [4.78, 5) is 24.2. The average Bonchev–Trinajstić information content (AvgIpc) is 2.53. The van der Waals surface area contributed by atoms with Crippen LogP contribution in [-0.2, 0) is 20.7 Å². The van der Waals surface area contributed by atoms with Crippen LogP contribution in [0.2, 0.25) is 10.0 Å². The number of hydrogen-bond donors (Lipinski definition) is 1. The van der Waals surface area contributed by atoms with E-state index >= 15 is 0 Å². The summed E-state index contributed by atoms with van der Waals surface area (Å²) in [5, 5.41) is 3.82. The Labute approximate surface area is 152 Å². The summed E-state index contributed by atoms with van der Waals surface area (Å²) >= 11 is 11.8. The van der Waals surface area contributed by atoms with Gasteiger partial charge in [0.25, 0.3) is 5.91 Å². The first-order valence-corrected chi connectivity index (χ1v) is 9.06. The van der Waals surface area contributed by atoms with Gasteiger partial charge in [0, 0.05) is 6.04 Å². The minimum Gasteiger partial charge on any atom is -0.452 e. The highest BCUT2D eigenvalue weighted by Gasteiger charge is 2.26. The molecule has 0 spiro atoms. The summed E-state index contributed by atoms with van der Waals surface area (Å²) in [6.07, 6.45) is 3.68. The quantitative estimate of drug-likeness (QED) is 0.790. The second-order valence-electron chi connectivity index (χ2n) is 6.43. The molecule has 0 saturated heterocycles. The van der Waals surface area contributed by atoms with Crippen molar-refractivity contribution in [3.05, 3.63) is 33.8 Å². The van der Waals surface area contributed by atoms with Crippen molar-refractivity contribution in [1.82, 2.24) is 5.32 Å². The summed E-state index contributed by atoms with van der Waals surface area (Å²) in [7, 11) is 0. The van der Waals surface area contributed by atoms with E-state index in [9.17, 15) is 9.59 Å². The highest BCUT2D eigenvalue weighted by atomic mass is 35.5. The number of rotatable bonds is 5. The SMILES string of the molecule is C[C@@H](OC(=O)Cc1ccc(Cl)c(Cl)c1)C(=O)N[C@@H]1CCCC[C@@H]1C. The largest absolute Gasteiger partial charge is 0.452 e. The van der Waals surface area contributed by atoms with Crippen LogP contribution in [0.15, 0.2) is 18.2 Å². The van der Waals surface area contributed by atoms with E-state index in [0.717, 1.165) is 19.3 Å². The smallest absolute Gasteiger partial charge is 0.311 e. The maximum atomic E-state index is 12.2. The first-order chi connectivity index (χ1) is 11.4. The second kappa shape index (κ2) is 8.72. The fraction of sp³-hybridized carbons (Fsp3) is 0.556. The minimum absolute atomic E-state index is 0.0499. The third kappa shape index (κ3) is 5.38. The molecule has 24 heavy (non-hydrogen) atoms. The average molecular weight is 372 g/mol. The minimum atomic E-state index is -0.811. The van der Waals surface area contributed by atoms with Crippen LogP contribution in [-0.4, -0.2) is 24.0 Å². The van der Waals surface area contributed by atoms with Crippen molar-refractivity contribution in [3.63, 3.8) is 0 Å². The van der Waals surface area contributed by atoms with E-state index in [1.807, 2.05) is 0 Å². The number of benzene rings is 1. The molecular weight excluding hydrogens is 349 g/mol. The number of carbonyl (C=O) groups is 2. The van der Waals surface area contributed by atoms with Gasteiger partial charge in [-0.25, -0.2) is 0 Å². The molecule has 1 aliphatic carbocycles. The van der Waals surface area contributed by atoms with E-state index in [4.69, 9.17) is 27.9 Å². The Kier molecular flexibility index (Phi) is 6.93. The molecule has 0 unspecified atom stereocenters. The van der Waals surface area contributed by atoms with Crippen molar-refractivity contribution >= 4 is 35.1 Å². The number of nitrogens with one attached hydrogen (secondary N) is 1. The van der Waals surface area contributed by atoms with Crippen LogP contribution >= 0.6 is 23.2 Å². The van der Waals surface area contributed by atoms with Crippen LogP contribution in [0.25, 0.3) is 0 Å². The second-order valence-corrected chi connectivity index (χ2v) is 7.25. The Bertz CT molecular complexity index is 606. The van der Waals surface area contributed by atoms with Crippen molar-refractivity contribution in [2.75, 3.05) is 0 Å². The highest BCUT2D eigenvalue weighted by molar-refractivity contribution is 6.42. The van der Waals surface area contributed by atoms with Gasteiger partial charge < -0.3 is 10.1 Å². The third-order valence-electron chi connectivity index (χ3n) is 4.45. The van der Waals surface area contributed by atoms with Gasteiger partial charge in [0.1, 0.15) is 0 Å². The standard InChI is InChI=1S/C18H23Cl2NO3/c1-11-5-3-4-6-16(11)21-18(23)12(2)24-17(22)10-13-7-8-14(19)15(20)9-13/h7-9,11-12,16H,3-6,10H2,1-2H3,(H,21,23)/t11-,12+,16+/m0/s1. The van der Waals surface area contributed by atoms with Crippen molar-refractivity contribution in [2.24, 2.45) is 5.92 Å². The summed E-state index contributed by atoms with van der Waals surface area (Å²) in [6.45, 7) is 3.74. The summed E-state index contributed by atoms with van der Waals surface area (Å²) < 4.78 is 5.24. The monoisotopic (exact) mass is 371 g/mol. The van der Waals surface area contributed by atoms with E-state index in [2.05, 4.69) is 12.2 Å². The molecule has 0 aromatic heterocycles. The van der Waals surface area contributed by atoms with Gasteiger partial charge in [-0.3, -0.25) is 9.59 Å². The molecule has 0 radical (unpaired) electrons. The molecule has 3 atom stereocenters. The lowest BCUT2D eigenvalue weighted by molar-refractivity contribution is -0.154. The molecule has 0 aliphatic heterocycles. The van der Waals surface area contributed by atoms with Crippen molar-refractivity contribution in [2.45, 2.75) is 58.1 Å². The third-order valence-corrected chi connectivity index (χ3v) is 5.19. The van der Waals surface area contributed by atoms with Gasteiger partial charge in [0.15, 0.2) is 6.10 Å². The van der Waals surface area contributed by atoms with Crippen molar-refractivity contribution in [1.29, 1.82) is 0 Å². The summed E-state index contributed by atoms with van der Waals surface area (Å²) in [5.74, 6) is -0.245. The van der Waals surface area contributed by atoms with Gasteiger partial charge in [-0.2, -0.15) is 0 Å². The molecular formula is C18H23Cl2NO3. The summed E-state index contributed by atoms with van der Waals surface area (Å²) in [5.41, 5.74) is 0.697. The Morgan fingerprint density at radius 3 is 2.62 bits per heavy atom. The number of amides is 1. The van der Waals surface area contributed by atoms with Crippen LogP contribution in [0.4, 0.5) is 0 Å². The van der Waals surface area contributed by atoms with Gasteiger partial charge in [0.05, 0.1) is 16.5 Å². The maximum absolute atomic E-state index is 12.2. The van der Waals surface area contributed by atoms with Crippen molar-refractivity contribution < 1.29 is 14.3 Å². The predicted molar refractivity (Wildman–Crippen MR) is 95.3 cm³/mol. The first-order valence-electron chi connectivity index (χ1n) is 8.30. The molecule has 1 aromatic rings. The number of hydrogen-bond acceptors (Lipinski definition) is 3. The molecule has 0 bridgehead atoms. The molecule has 132 valence electrons. The normalized spacial score (nSPS) is 21.8. The first kappa shape index (κ1) is 19.1. The maximum Gasteiger partial charge on any atom is 0.311 e. The Balaban J connectivity index is 1.83. The molecule has 0 heterocycles. The zero-order valence-electron chi connectivity index (χ0n) is 14.0. The van der Waals surface area contributed by atoms with Gasteiger partial charge in [0.2, 0.25) is 0 Å². The fourth-order valence-electron chi connectivity index (χ4n) is 2.94. The topological polar surface area (TPSA) is 55.4 Å². The van der Waals surface area contributed by atoms with Crippen LogP contribution in [0.1, 0.15) is 45.1 Å². The fourth-order valence-corrected chi connectivity index (χ4v) is 3.26. The van der Waals surface area contributed by atoms with E-state index in [0.29, 0.717) is 21.5 Å². The van der Waals surface area contributed by atoms with Gasteiger partial charge in [-0.15, -0.1) is 0 Å². The molecule has 1 aliphatic rings. The van der Waals surface area contributed by atoms with Gasteiger partial charge in [-0.05, 0) is 43.4 Å².